The van der Waals surface area contributed by atoms with E-state index in [4.69, 9.17) is 0 Å². The molecule has 0 heterocycles. The molecule has 0 amide bonds. The SMILES string of the molecule is C=C(C(/C=C\C(C)C)=C/C)C(C)(C)NC. The Balaban J connectivity index is 4.80. The second kappa shape index (κ2) is 5.92. The zero-order valence-electron chi connectivity index (χ0n) is 11.0. The highest BCUT2D eigenvalue weighted by Crippen LogP contribution is 2.22. The maximum atomic E-state index is 4.16. The van der Waals surface area contributed by atoms with E-state index in [0.29, 0.717) is 5.92 Å². The lowest BCUT2D eigenvalue weighted by atomic mass is 9.88. The van der Waals surface area contributed by atoms with Gasteiger partial charge in [0, 0.05) is 5.54 Å². The van der Waals surface area contributed by atoms with E-state index in [1.807, 2.05) is 7.05 Å². The minimum atomic E-state index is -0.0524. The number of hydrogen-bond donors (Lipinski definition) is 1. The lowest BCUT2D eigenvalue weighted by molar-refractivity contribution is 0.505. The zero-order chi connectivity index (χ0) is 12.1. The third-order valence-corrected chi connectivity index (χ3v) is 2.70. The zero-order valence-corrected chi connectivity index (χ0v) is 11.0. The van der Waals surface area contributed by atoms with E-state index in [1.54, 1.807) is 0 Å². The van der Waals surface area contributed by atoms with Crippen LogP contribution >= 0.6 is 0 Å². The molecule has 0 atom stereocenters. The van der Waals surface area contributed by atoms with Crippen LogP contribution in [0, 0.1) is 5.92 Å². The third-order valence-electron chi connectivity index (χ3n) is 2.70. The highest BCUT2D eigenvalue weighted by Gasteiger charge is 2.20. The van der Waals surface area contributed by atoms with Gasteiger partial charge < -0.3 is 5.32 Å². The van der Waals surface area contributed by atoms with Gasteiger partial charge in [-0.1, -0.05) is 38.7 Å². The van der Waals surface area contributed by atoms with Crippen molar-refractivity contribution in [3.8, 4) is 0 Å². The van der Waals surface area contributed by atoms with Gasteiger partial charge in [0.25, 0.3) is 0 Å². The van der Waals surface area contributed by atoms with Gasteiger partial charge in [-0.2, -0.15) is 0 Å². The van der Waals surface area contributed by atoms with Crippen molar-refractivity contribution in [2.45, 2.75) is 40.2 Å². The summed E-state index contributed by atoms with van der Waals surface area (Å²) in [5, 5.41) is 3.27. The smallest absolute Gasteiger partial charge is 0.0374 e. The predicted molar refractivity (Wildman–Crippen MR) is 70.0 cm³/mol. The molecule has 1 N–H and O–H groups in total. The molecule has 0 aromatic heterocycles. The summed E-state index contributed by atoms with van der Waals surface area (Å²) < 4.78 is 0. The van der Waals surface area contributed by atoms with Crippen LogP contribution in [0.15, 0.2) is 36.0 Å². The Hall–Kier alpha value is -0.820. The van der Waals surface area contributed by atoms with Crippen molar-refractivity contribution in [1.82, 2.24) is 5.32 Å². The standard InChI is InChI=1S/C14H25N/c1-8-13(10-9-11(2)3)12(4)14(5,6)15-7/h8-11,15H,4H2,1-3,5-7H3/b10-9-,13-8+. The molecule has 15 heavy (non-hydrogen) atoms. The van der Waals surface area contributed by atoms with E-state index in [0.717, 1.165) is 5.57 Å². The molecular formula is C14H25N. The van der Waals surface area contributed by atoms with E-state index >= 15 is 0 Å². The number of hydrogen-bond acceptors (Lipinski definition) is 1. The van der Waals surface area contributed by atoms with Crippen molar-refractivity contribution in [3.63, 3.8) is 0 Å². The van der Waals surface area contributed by atoms with Crippen LogP contribution in [0.5, 0.6) is 0 Å². The first kappa shape index (κ1) is 14.2. The fraction of sp³-hybridized carbons (Fsp3) is 0.571. The van der Waals surface area contributed by atoms with Crippen molar-refractivity contribution >= 4 is 0 Å². The highest BCUT2D eigenvalue weighted by molar-refractivity contribution is 5.43. The van der Waals surface area contributed by atoms with Crippen LogP contribution in [-0.2, 0) is 0 Å². The molecule has 0 radical (unpaired) electrons. The predicted octanol–water partition coefficient (Wildman–Crippen LogP) is 3.70. The van der Waals surface area contributed by atoms with Gasteiger partial charge in [0.15, 0.2) is 0 Å². The Bertz CT molecular complexity index is 267. The van der Waals surface area contributed by atoms with Gasteiger partial charge >= 0.3 is 0 Å². The average Bonchev–Trinajstić information content (AvgIpc) is 2.18. The summed E-state index contributed by atoms with van der Waals surface area (Å²) in [6.07, 6.45) is 6.47. The second-order valence-corrected chi connectivity index (χ2v) is 4.70. The molecule has 0 aliphatic rings. The van der Waals surface area contributed by atoms with E-state index in [1.165, 1.54) is 5.57 Å². The van der Waals surface area contributed by atoms with Gasteiger partial charge in [-0.15, -0.1) is 0 Å². The fourth-order valence-corrected chi connectivity index (χ4v) is 1.18. The van der Waals surface area contributed by atoms with Gasteiger partial charge in [0.2, 0.25) is 0 Å². The number of allylic oxidation sites excluding steroid dienone is 3. The van der Waals surface area contributed by atoms with Gasteiger partial charge in [-0.3, -0.25) is 0 Å². The van der Waals surface area contributed by atoms with Crippen molar-refractivity contribution in [1.29, 1.82) is 0 Å². The van der Waals surface area contributed by atoms with Crippen molar-refractivity contribution in [2.75, 3.05) is 7.05 Å². The maximum Gasteiger partial charge on any atom is 0.0374 e. The van der Waals surface area contributed by atoms with E-state index in [-0.39, 0.29) is 5.54 Å². The van der Waals surface area contributed by atoms with E-state index < -0.39 is 0 Å². The third kappa shape index (κ3) is 4.48. The molecule has 0 aromatic carbocycles. The second-order valence-electron chi connectivity index (χ2n) is 4.70. The normalized spacial score (nSPS) is 13.9. The molecule has 0 aliphatic carbocycles. The van der Waals surface area contributed by atoms with Crippen LogP contribution in [0.4, 0.5) is 0 Å². The summed E-state index contributed by atoms with van der Waals surface area (Å²) >= 11 is 0. The van der Waals surface area contributed by atoms with Crippen LogP contribution in [-0.4, -0.2) is 12.6 Å². The molecule has 0 fully saturated rings. The minimum absolute atomic E-state index is 0.0524. The van der Waals surface area contributed by atoms with Crippen LogP contribution in [0.25, 0.3) is 0 Å². The van der Waals surface area contributed by atoms with E-state index in [2.05, 4.69) is 64.7 Å². The lowest BCUT2D eigenvalue weighted by Gasteiger charge is -2.27. The maximum absolute atomic E-state index is 4.16. The average molecular weight is 207 g/mol. The van der Waals surface area contributed by atoms with Crippen LogP contribution in [0.3, 0.4) is 0 Å². The topological polar surface area (TPSA) is 12.0 Å². The van der Waals surface area contributed by atoms with Gasteiger partial charge in [-0.25, -0.2) is 0 Å². The first-order valence-corrected chi connectivity index (χ1v) is 5.58. The lowest BCUT2D eigenvalue weighted by Crippen LogP contribution is -2.38. The highest BCUT2D eigenvalue weighted by atomic mass is 14.9. The molecular weight excluding hydrogens is 182 g/mol. The molecule has 0 rings (SSSR count). The van der Waals surface area contributed by atoms with Gasteiger partial charge in [-0.05, 0) is 44.9 Å². The molecule has 1 heteroatoms. The summed E-state index contributed by atoms with van der Waals surface area (Å²) in [6, 6.07) is 0. The Morgan fingerprint density at radius 3 is 2.20 bits per heavy atom. The van der Waals surface area contributed by atoms with Crippen LogP contribution < -0.4 is 5.32 Å². The Morgan fingerprint density at radius 2 is 1.87 bits per heavy atom. The molecule has 0 aliphatic heterocycles. The van der Waals surface area contributed by atoms with Crippen molar-refractivity contribution in [3.05, 3.63) is 36.0 Å². The quantitative estimate of drug-likeness (QED) is 0.678. The number of likely N-dealkylation sites (N-methyl/N-ethyl adjacent to an activating group) is 1. The molecule has 1 nitrogen and oxygen atoms in total. The summed E-state index contributed by atoms with van der Waals surface area (Å²) in [6.45, 7) is 14.9. The Morgan fingerprint density at radius 1 is 1.33 bits per heavy atom. The molecule has 86 valence electrons. The monoisotopic (exact) mass is 207 g/mol. The summed E-state index contributed by atoms with van der Waals surface area (Å²) in [7, 11) is 1.96. The fourth-order valence-electron chi connectivity index (χ4n) is 1.18. The van der Waals surface area contributed by atoms with Gasteiger partial charge in [0.05, 0.1) is 0 Å². The Kier molecular flexibility index (Phi) is 5.59. The summed E-state index contributed by atoms with van der Waals surface area (Å²) in [5.74, 6) is 0.574. The largest absolute Gasteiger partial charge is 0.311 e. The number of nitrogens with one attached hydrogen (secondary N) is 1. The minimum Gasteiger partial charge on any atom is -0.311 e. The summed E-state index contributed by atoms with van der Waals surface area (Å²) in [5.41, 5.74) is 2.29. The molecule has 0 unspecified atom stereocenters. The molecule has 0 saturated carbocycles. The molecule has 0 bridgehead atoms. The first-order chi connectivity index (χ1) is 6.85. The van der Waals surface area contributed by atoms with Crippen molar-refractivity contribution < 1.29 is 0 Å². The number of rotatable bonds is 5. The van der Waals surface area contributed by atoms with Gasteiger partial charge in [0.1, 0.15) is 0 Å². The van der Waals surface area contributed by atoms with Crippen molar-refractivity contribution in [2.24, 2.45) is 5.92 Å². The summed E-state index contributed by atoms with van der Waals surface area (Å²) in [4.78, 5) is 0. The van der Waals surface area contributed by atoms with Crippen LogP contribution in [0.1, 0.15) is 34.6 Å². The molecule has 0 saturated heterocycles. The Labute approximate surface area is 95.0 Å². The first-order valence-electron chi connectivity index (χ1n) is 5.58. The van der Waals surface area contributed by atoms with Crippen LogP contribution in [0.2, 0.25) is 0 Å². The molecule has 0 aromatic rings. The van der Waals surface area contributed by atoms with E-state index in [9.17, 15) is 0 Å². The molecule has 0 spiro atoms.